The predicted octanol–water partition coefficient (Wildman–Crippen LogP) is 3.00. The van der Waals surface area contributed by atoms with Crippen molar-refractivity contribution in [2.24, 2.45) is 0 Å². The van der Waals surface area contributed by atoms with Crippen molar-refractivity contribution in [1.29, 1.82) is 0 Å². The summed E-state index contributed by atoms with van der Waals surface area (Å²) in [7, 11) is -3.66. The average Bonchev–Trinajstić information content (AvgIpc) is 3.11. The van der Waals surface area contributed by atoms with Crippen LogP contribution in [0.3, 0.4) is 0 Å². The topological polar surface area (TPSA) is 63.4 Å². The number of benzene rings is 1. The van der Waals surface area contributed by atoms with E-state index in [-0.39, 0.29) is 16.6 Å². The van der Waals surface area contributed by atoms with E-state index >= 15 is 0 Å². The van der Waals surface area contributed by atoms with Crippen molar-refractivity contribution < 1.29 is 12.8 Å². The number of sulfonamides is 1. The lowest BCUT2D eigenvalue weighted by Gasteiger charge is -2.23. The van der Waals surface area contributed by atoms with E-state index in [9.17, 15) is 12.8 Å². The predicted molar refractivity (Wildman–Crippen MR) is 81.0 cm³/mol. The van der Waals surface area contributed by atoms with E-state index in [0.29, 0.717) is 6.54 Å². The van der Waals surface area contributed by atoms with E-state index in [1.807, 2.05) is 17.5 Å². The first-order valence-corrected chi connectivity index (χ1v) is 8.92. The molecule has 21 heavy (non-hydrogen) atoms. The van der Waals surface area contributed by atoms with Gasteiger partial charge in [-0.1, -0.05) is 6.07 Å². The number of nitrogens with zero attached hydrogens (tertiary/aromatic N) is 1. The third-order valence-electron chi connectivity index (χ3n) is 3.65. The van der Waals surface area contributed by atoms with Crippen LogP contribution in [0.2, 0.25) is 0 Å². The molecule has 0 spiro atoms. The van der Waals surface area contributed by atoms with Gasteiger partial charge in [0, 0.05) is 11.4 Å². The zero-order valence-corrected chi connectivity index (χ0v) is 12.8. The Hall–Kier alpha value is -1.44. The lowest BCUT2D eigenvalue weighted by atomic mass is 10.2. The third-order valence-corrected chi connectivity index (χ3v) is 6.53. The standard InChI is InChI=1S/C14H15FN2O2S2/c15-11-6-5-10(9-12(11)16)21(18,19)17-7-1-3-13(17)14-4-2-8-20-14/h2,4-6,8-9,13H,1,3,7,16H2. The Morgan fingerprint density at radius 3 is 2.81 bits per heavy atom. The summed E-state index contributed by atoms with van der Waals surface area (Å²) < 4.78 is 40.2. The monoisotopic (exact) mass is 326 g/mol. The van der Waals surface area contributed by atoms with Crippen molar-refractivity contribution in [2.75, 3.05) is 12.3 Å². The number of hydrogen-bond donors (Lipinski definition) is 1. The Balaban J connectivity index is 1.99. The molecule has 1 atom stereocenters. The van der Waals surface area contributed by atoms with Crippen molar-refractivity contribution in [1.82, 2.24) is 4.31 Å². The molecule has 2 heterocycles. The van der Waals surface area contributed by atoms with Crippen LogP contribution in [0.1, 0.15) is 23.8 Å². The molecule has 0 radical (unpaired) electrons. The van der Waals surface area contributed by atoms with Gasteiger partial charge in [0.25, 0.3) is 0 Å². The molecular formula is C14H15FN2O2S2. The Morgan fingerprint density at radius 2 is 2.14 bits per heavy atom. The summed E-state index contributed by atoms with van der Waals surface area (Å²) in [5, 5.41) is 1.94. The maximum absolute atomic E-state index is 13.2. The molecule has 0 aliphatic carbocycles. The van der Waals surface area contributed by atoms with Gasteiger partial charge < -0.3 is 5.73 Å². The fourth-order valence-electron chi connectivity index (χ4n) is 2.61. The summed E-state index contributed by atoms with van der Waals surface area (Å²) >= 11 is 1.55. The molecule has 1 aromatic carbocycles. The maximum Gasteiger partial charge on any atom is 0.243 e. The van der Waals surface area contributed by atoms with Crippen LogP contribution in [0, 0.1) is 5.82 Å². The summed E-state index contributed by atoms with van der Waals surface area (Å²) in [5.74, 6) is -0.606. The molecule has 7 heteroatoms. The first kappa shape index (κ1) is 14.5. The number of nitrogen functional groups attached to an aromatic ring is 1. The van der Waals surface area contributed by atoms with Gasteiger partial charge in [-0.25, -0.2) is 12.8 Å². The Morgan fingerprint density at radius 1 is 1.33 bits per heavy atom. The van der Waals surface area contributed by atoms with Gasteiger partial charge in [0.15, 0.2) is 0 Å². The van der Waals surface area contributed by atoms with Crippen LogP contribution in [0.4, 0.5) is 10.1 Å². The minimum atomic E-state index is -3.66. The van der Waals surface area contributed by atoms with Gasteiger partial charge in [0.1, 0.15) is 5.82 Å². The molecule has 1 aliphatic rings. The molecule has 0 bridgehead atoms. The highest BCUT2D eigenvalue weighted by atomic mass is 32.2. The van der Waals surface area contributed by atoms with Gasteiger partial charge in [-0.3, -0.25) is 0 Å². The van der Waals surface area contributed by atoms with Gasteiger partial charge in [0.2, 0.25) is 10.0 Å². The van der Waals surface area contributed by atoms with E-state index in [0.717, 1.165) is 23.8 Å². The molecule has 112 valence electrons. The molecule has 2 aromatic rings. The molecule has 1 saturated heterocycles. The van der Waals surface area contributed by atoms with E-state index in [2.05, 4.69) is 0 Å². The lowest BCUT2D eigenvalue weighted by Crippen LogP contribution is -2.30. The van der Waals surface area contributed by atoms with Crippen molar-refractivity contribution in [3.63, 3.8) is 0 Å². The Kier molecular flexibility index (Phi) is 3.73. The van der Waals surface area contributed by atoms with Crippen LogP contribution in [0.25, 0.3) is 0 Å². The molecule has 3 rings (SSSR count). The average molecular weight is 326 g/mol. The van der Waals surface area contributed by atoms with Gasteiger partial charge in [-0.05, 0) is 42.5 Å². The smallest absolute Gasteiger partial charge is 0.243 e. The summed E-state index contributed by atoms with van der Waals surface area (Å²) in [6, 6.07) is 7.28. The van der Waals surface area contributed by atoms with Gasteiger partial charge >= 0.3 is 0 Å². The van der Waals surface area contributed by atoms with Gasteiger partial charge in [0.05, 0.1) is 16.6 Å². The second-order valence-electron chi connectivity index (χ2n) is 4.97. The van der Waals surface area contributed by atoms with Gasteiger partial charge in [-0.2, -0.15) is 4.31 Å². The van der Waals surface area contributed by atoms with Crippen molar-refractivity contribution in [3.8, 4) is 0 Å². The fourth-order valence-corrected chi connectivity index (χ4v) is 5.26. The van der Waals surface area contributed by atoms with Crippen molar-refractivity contribution in [2.45, 2.75) is 23.8 Å². The summed E-state index contributed by atoms with van der Waals surface area (Å²) in [4.78, 5) is 1.08. The zero-order chi connectivity index (χ0) is 15.0. The molecule has 4 nitrogen and oxygen atoms in total. The minimum absolute atomic E-state index is 0.0462. The number of thiophene rings is 1. The molecule has 1 unspecified atom stereocenters. The van der Waals surface area contributed by atoms with Crippen LogP contribution in [0.15, 0.2) is 40.6 Å². The largest absolute Gasteiger partial charge is 0.396 e. The highest BCUT2D eigenvalue weighted by molar-refractivity contribution is 7.89. The normalized spacial score (nSPS) is 20.0. The lowest BCUT2D eigenvalue weighted by molar-refractivity contribution is 0.401. The highest BCUT2D eigenvalue weighted by Crippen LogP contribution is 2.38. The van der Waals surface area contributed by atoms with E-state index < -0.39 is 15.8 Å². The SMILES string of the molecule is Nc1cc(S(=O)(=O)N2CCCC2c2cccs2)ccc1F. The van der Waals surface area contributed by atoms with Crippen molar-refractivity contribution in [3.05, 3.63) is 46.4 Å². The first-order chi connectivity index (χ1) is 10.00. The molecular weight excluding hydrogens is 311 g/mol. The molecule has 1 aliphatic heterocycles. The number of rotatable bonds is 3. The molecule has 1 aromatic heterocycles. The van der Waals surface area contributed by atoms with E-state index in [1.54, 1.807) is 11.3 Å². The Labute approximate surface area is 127 Å². The molecule has 0 amide bonds. The Bertz CT molecular complexity index is 744. The van der Waals surface area contributed by atoms with Gasteiger partial charge in [-0.15, -0.1) is 11.3 Å². The highest BCUT2D eigenvalue weighted by Gasteiger charge is 2.36. The van der Waals surface area contributed by atoms with E-state index in [4.69, 9.17) is 5.73 Å². The first-order valence-electron chi connectivity index (χ1n) is 6.60. The van der Waals surface area contributed by atoms with Crippen LogP contribution in [-0.4, -0.2) is 19.3 Å². The van der Waals surface area contributed by atoms with Crippen LogP contribution in [-0.2, 0) is 10.0 Å². The second-order valence-corrected chi connectivity index (χ2v) is 7.84. The van der Waals surface area contributed by atoms with Crippen molar-refractivity contribution >= 4 is 27.0 Å². The fraction of sp³-hybridized carbons (Fsp3) is 0.286. The van der Waals surface area contributed by atoms with Crippen LogP contribution >= 0.6 is 11.3 Å². The zero-order valence-electron chi connectivity index (χ0n) is 11.2. The maximum atomic E-state index is 13.2. The number of hydrogen-bond acceptors (Lipinski definition) is 4. The molecule has 2 N–H and O–H groups in total. The molecule has 1 fully saturated rings. The third kappa shape index (κ3) is 2.56. The van der Waals surface area contributed by atoms with Crippen LogP contribution in [0.5, 0.6) is 0 Å². The number of anilines is 1. The molecule has 0 saturated carbocycles. The van der Waals surface area contributed by atoms with E-state index in [1.165, 1.54) is 16.4 Å². The minimum Gasteiger partial charge on any atom is -0.396 e. The number of halogens is 1. The number of nitrogens with two attached hydrogens (primary N) is 1. The van der Waals surface area contributed by atoms with Crippen LogP contribution < -0.4 is 5.73 Å². The second kappa shape index (κ2) is 5.40. The summed E-state index contributed by atoms with van der Waals surface area (Å²) in [5.41, 5.74) is 5.34. The quantitative estimate of drug-likeness (QED) is 0.882. The summed E-state index contributed by atoms with van der Waals surface area (Å²) in [6.07, 6.45) is 1.62. The summed E-state index contributed by atoms with van der Waals surface area (Å²) in [6.45, 7) is 0.474.